The molecule has 0 aliphatic rings. The van der Waals surface area contributed by atoms with E-state index in [9.17, 15) is 5.11 Å². The molecule has 1 aromatic rings. The van der Waals surface area contributed by atoms with Gasteiger partial charge in [-0.2, -0.15) is 0 Å². The highest BCUT2D eigenvalue weighted by Gasteiger charge is 2.18. The van der Waals surface area contributed by atoms with Crippen LogP contribution in [-0.4, -0.2) is 31.4 Å². The second kappa shape index (κ2) is 8.02. The van der Waals surface area contributed by atoms with Gasteiger partial charge in [-0.1, -0.05) is 19.9 Å². The third kappa shape index (κ3) is 3.85. The van der Waals surface area contributed by atoms with Gasteiger partial charge in [-0.25, -0.2) is 0 Å². The van der Waals surface area contributed by atoms with Gasteiger partial charge in [0.05, 0.1) is 13.7 Å². The van der Waals surface area contributed by atoms with Crippen molar-refractivity contribution in [1.29, 1.82) is 0 Å². The van der Waals surface area contributed by atoms with Crippen molar-refractivity contribution in [2.75, 3.05) is 25.2 Å². The van der Waals surface area contributed by atoms with Crippen LogP contribution in [0.2, 0.25) is 0 Å². The number of hydrogen-bond donors (Lipinski definition) is 2. The average Bonchev–Trinajstić information content (AvgIpc) is 2.46. The lowest BCUT2D eigenvalue weighted by atomic mass is 10.1. The topological polar surface area (TPSA) is 58.7 Å². The summed E-state index contributed by atoms with van der Waals surface area (Å²) in [5, 5.41) is 9.32. The van der Waals surface area contributed by atoms with Crippen molar-refractivity contribution >= 4 is 5.69 Å². The Balaban J connectivity index is 3.18. The van der Waals surface area contributed by atoms with Crippen LogP contribution in [0.4, 0.5) is 5.69 Å². The lowest BCUT2D eigenvalue weighted by Crippen LogP contribution is -2.37. The molecule has 19 heavy (non-hydrogen) atoms. The second-order valence-electron chi connectivity index (χ2n) is 4.59. The molecule has 0 radical (unpaired) electrons. The summed E-state index contributed by atoms with van der Waals surface area (Å²) in [5.41, 5.74) is 7.99. The molecule has 3 N–H and O–H groups in total. The summed E-state index contributed by atoms with van der Waals surface area (Å²) in [6, 6.07) is 6.34. The number of anilines is 1. The van der Waals surface area contributed by atoms with Gasteiger partial charge >= 0.3 is 0 Å². The predicted octanol–water partition coefficient (Wildman–Crippen LogP) is 2.14. The fraction of sp³-hybridized carbons (Fsp3) is 0.600. The molecule has 0 saturated carbocycles. The van der Waals surface area contributed by atoms with E-state index in [1.165, 1.54) is 0 Å². The zero-order valence-corrected chi connectivity index (χ0v) is 12.2. The molecule has 4 heteroatoms. The summed E-state index contributed by atoms with van der Waals surface area (Å²) in [5.74, 6) is 0.820. The summed E-state index contributed by atoms with van der Waals surface area (Å²) in [4.78, 5) is 2.24. The van der Waals surface area contributed by atoms with Crippen molar-refractivity contribution < 1.29 is 9.84 Å². The van der Waals surface area contributed by atoms with Gasteiger partial charge in [0.2, 0.25) is 0 Å². The van der Waals surface area contributed by atoms with Crippen LogP contribution in [0, 0.1) is 0 Å². The molecule has 0 heterocycles. The monoisotopic (exact) mass is 266 g/mol. The van der Waals surface area contributed by atoms with E-state index >= 15 is 0 Å². The van der Waals surface area contributed by atoms with Gasteiger partial charge in [0.1, 0.15) is 5.75 Å². The van der Waals surface area contributed by atoms with E-state index in [1.807, 2.05) is 18.2 Å². The Morgan fingerprint density at radius 2 is 2.00 bits per heavy atom. The fourth-order valence-corrected chi connectivity index (χ4v) is 2.45. The number of methoxy groups -OCH3 is 1. The van der Waals surface area contributed by atoms with Crippen molar-refractivity contribution in [2.45, 2.75) is 39.3 Å². The molecule has 1 aromatic carbocycles. The summed E-state index contributed by atoms with van der Waals surface area (Å²) in [6.07, 6.45) is 2.08. The smallest absolute Gasteiger partial charge is 0.120 e. The number of aliphatic hydroxyl groups is 1. The Morgan fingerprint density at radius 1 is 1.32 bits per heavy atom. The van der Waals surface area contributed by atoms with E-state index in [-0.39, 0.29) is 6.61 Å². The third-order valence-corrected chi connectivity index (χ3v) is 3.55. The minimum Gasteiger partial charge on any atom is -0.497 e. The largest absolute Gasteiger partial charge is 0.497 e. The summed E-state index contributed by atoms with van der Waals surface area (Å²) in [7, 11) is 1.66. The van der Waals surface area contributed by atoms with E-state index in [2.05, 4.69) is 18.7 Å². The molecular formula is C15H26N2O2. The first-order valence-corrected chi connectivity index (χ1v) is 6.96. The van der Waals surface area contributed by atoms with Crippen LogP contribution >= 0.6 is 0 Å². The first kappa shape index (κ1) is 15.8. The van der Waals surface area contributed by atoms with Gasteiger partial charge in [-0.05, 0) is 24.5 Å². The van der Waals surface area contributed by atoms with Crippen molar-refractivity contribution in [1.82, 2.24) is 0 Å². The van der Waals surface area contributed by atoms with Crippen LogP contribution in [0.3, 0.4) is 0 Å². The minimum absolute atomic E-state index is 0.137. The number of ether oxygens (including phenoxy) is 1. The van der Waals surface area contributed by atoms with Crippen LogP contribution in [0.15, 0.2) is 18.2 Å². The van der Waals surface area contributed by atoms with Crippen LogP contribution in [0.1, 0.15) is 32.3 Å². The Labute approximate surface area is 116 Å². The molecule has 0 aliphatic carbocycles. The second-order valence-corrected chi connectivity index (χ2v) is 4.59. The molecule has 108 valence electrons. The molecule has 0 atom stereocenters. The molecule has 0 amide bonds. The average molecular weight is 266 g/mol. The van der Waals surface area contributed by atoms with Crippen molar-refractivity contribution in [2.24, 2.45) is 5.73 Å². The molecule has 0 aromatic heterocycles. The number of rotatable bonds is 8. The maximum Gasteiger partial charge on any atom is 0.120 e. The van der Waals surface area contributed by atoms with E-state index in [1.54, 1.807) is 7.11 Å². The van der Waals surface area contributed by atoms with Gasteiger partial charge in [-0.15, -0.1) is 0 Å². The van der Waals surface area contributed by atoms with E-state index in [0.29, 0.717) is 19.1 Å². The number of nitrogens with zero attached hydrogens (tertiary/aromatic N) is 1. The quantitative estimate of drug-likeness (QED) is 0.757. The van der Waals surface area contributed by atoms with Gasteiger partial charge in [0.25, 0.3) is 0 Å². The fourth-order valence-electron chi connectivity index (χ4n) is 2.45. The Bertz CT molecular complexity index is 378. The van der Waals surface area contributed by atoms with Crippen molar-refractivity contribution in [3.63, 3.8) is 0 Å². The molecule has 1 rings (SSSR count). The predicted molar refractivity (Wildman–Crippen MR) is 79.7 cm³/mol. The van der Waals surface area contributed by atoms with E-state index < -0.39 is 0 Å². The number of benzene rings is 1. The number of hydrogen-bond acceptors (Lipinski definition) is 4. The lowest BCUT2D eigenvalue weighted by Gasteiger charge is -2.34. The van der Waals surface area contributed by atoms with Gasteiger partial charge in [0, 0.05) is 30.9 Å². The van der Waals surface area contributed by atoms with Crippen LogP contribution in [-0.2, 0) is 6.54 Å². The number of nitrogens with two attached hydrogens (primary N) is 1. The normalized spacial score (nSPS) is 10.8. The Hall–Kier alpha value is -1.26. The molecule has 0 aliphatic heterocycles. The summed E-state index contributed by atoms with van der Waals surface area (Å²) >= 11 is 0. The van der Waals surface area contributed by atoms with Crippen LogP contribution in [0.25, 0.3) is 0 Å². The lowest BCUT2D eigenvalue weighted by molar-refractivity contribution is 0.295. The van der Waals surface area contributed by atoms with Crippen molar-refractivity contribution in [3.05, 3.63) is 23.8 Å². The first-order chi connectivity index (χ1) is 9.21. The van der Waals surface area contributed by atoms with E-state index in [4.69, 9.17) is 10.5 Å². The summed E-state index contributed by atoms with van der Waals surface area (Å²) < 4.78 is 5.30. The van der Waals surface area contributed by atoms with Gasteiger partial charge in [-0.3, -0.25) is 0 Å². The van der Waals surface area contributed by atoms with Crippen molar-refractivity contribution in [3.8, 4) is 5.75 Å². The van der Waals surface area contributed by atoms with Gasteiger partial charge < -0.3 is 20.5 Å². The molecule has 0 saturated heterocycles. The third-order valence-electron chi connectivity index (χ3n) is 3.55. The molecule has 0 bridgehead atoms. The molecular weight excluding hydrogens is 240 g/mol. The molecule has 0 unspecified atom stereocenters. The maximum absolute atomic E-state index is 9.32. The Morgan fingerprint density at radius 3 is 2.47 bits per heavy atom. The summed E-state index contributed by atoms with van der Waals surface area (Å²) in [6.45, 7) is 5.58. The standard InChI is InChI=1S/C15H26N2O2/c1-4-13(5-2)17(8-9-18)15-10-14(19-3)7-6-12(15)11-16/h6-7,10,13,18H,4-5,8-9,11,16H2,1-3H3. The minimum atomic E-state index is 0.137. The van der Waals surface area contributed by atoms with Gasteiger partial charge in [0.15, 0.2) is 0 Å². The SMILES string of the molecule is CCC(CC)N(CCO)c1cc(OC)ccc1CN. The zero-order chi connectivity index (χ0) is 14.3. The maximum atomic E-state index is 9.32. The highest BCUT2D eigenvalue weighted by molar-refractivity contribution is 5.58. The highest BCUT2D eigenvalue weighted by Crippen LogP contribution is 2.29. The van der Waals surface area contributed by atoms with E-state index in [0.717, 1.165) is 29.8 Å². The van der Waals surface area contributed by atoms with Crippen LogP contribution < -0.4 is 15.4 Å². The number of aliphatic hydroxyl groups excluding tert-OH is 1. The Kier molecular flexibility index (Phi) is 6.67. The molecule has 0 spiro atoms. The van der Waals surface area contributed by atoms with Crippen LogP contribution in [0.5, 0.6) is 5.75 Å². The molecule has 4 nitrogen and oxygen atoms in total. The molecule has 0 fully saturated rings. The first-order valence-electron chi connectivity index (χ1n) is 6.96. The highest BCUT2D eigenvalue weighted by atomic mass is 16.5. The zero-order valence-electron chi connectivity index (χ0n) is 12.2.